The zero-order chi connectivity index (χ0) is 10.8. The van der Waals surface area contributed by atoms with Crippen molar-refractivity contribution >= 4 is 0 Å². The normalized spacial score (nSPS) is 13.6. The number of ether oxygens (including phenoxy) is 2. The molecule has 82 valence electrons. The van der Waals surface area contributed by atoms with E-state index in [0.717, 1.165) is 18.0 Å². The summed E-state index contributed by atoms with van der Waals surface area (Å²) < 4.78 is 10.9. The summed E-state index contributed by atoms with van der Waals surface area (Å²) in [4.78, 5) is 0. The Labute approximate surface area is 90.4 Å². The average Bonchev–Trinajstić information content (AvgIpc) is 2.64. The minimum atomic E-state index is 0.345. The van der Waals surface area contributed by atoms with Crippen LogP contribution in [0.25, 0.3) is 0 Å². The van der Waals surface area contributed by atoms with Gasteiger partial charge in [-0.1, -0.05) is 19.9 Å². The number of benzene rings is 1. The molecular formula is C12H17NO2. The van der Waals surface area contributed by atoms with Crippen LogP contribution < -0.4 is 14.8 Å². The van der Waals surface area contributed by atoms with Crippen molar-refractivity contribution in [2.24, 2.45) is 0 Å². The molecular weight excluding hydrogens is 190 g/mol. The van der Waals surface area contributed by atoms with E-state index >= 15 is 0 Å². The zero-order valence-corrected chi connectivity index (χ0v) is 9.46. The molecule has 0 aliphatic carbocycles. The fourth-order valence-corrected chi connectivity index (χ4v) is 2.01. The Hall–Kier alpha value is -1.22. The molecule has 0 atom stereocenters. The van der Waals surface area contributed by atoms with Crippen LogP contribution in [0.2, 0.25) is 0 Å². The van der Waals surface area contributed by atoms with E-state index in [9.17, 15) is 0 Å². The molecule has 3 nitrogen and oxygen atoms in total. The summed E-state index contributed by atoms with van der Waals surface area (Å²) in [5.41, 5.74) is 2.55. The monoisotopic (exact) mass is 207 g/mol. The van der Waals surface area contributed by atoms with Crippen LogP contribution in [-0.4, -0.2) is 13.8 Å². The number of rotatable bonds is 3. The first-order valence-corrected chi connectivity index (χ1v) is 5.30. The van der Waals surface area contributed by atoms with Crippen molar-refractivity contribution in [3.8, 4) is 11.5 Å². The van der Waals surface area contributed by atoms with Crippen molar-refractivity contribution in [2.75, 3.05) is 13.8 Å². The summed E-state index contributed by atoms with van der Waals surface area (Å²) >= 11 is 0. The number of nitrogens with one attached hydrogen (secondary N) is 1. The molecule has 0 spiro atoms. The van der Waals surface area contributed by atoms with Gasteiger partial charge in [-0.15, -0.1) is 0 Å². The first kappa shape index (κ1) is 10.3. The third-order valence-corrected chi connectivity index (χ3v) is 2.61. The lowest BCUT2D eigenvalue weighted by molar-refractivity contribution is 0.173. The van der Waals surface area contributed by atoms with Gasteiger partial charge < -0.3 is 14.8 Å². The second-order valence-electron chi connectivity index (χ2n) is 4.06. The molecule has 0 amide bonds. The van der Waals surface area contributed by atoms with Gasteiger partial charge in [-0.3, -0.25) is 0 Å². The fourth-order valence-electron chi connectivity index (χ4n) is 2.01. The molecule has 1 heterocycles. The van der Waals surface area contributed by atoms with E-state index in [1.807, 2.05) is 13.1 Å². The van der Waals surface area contributed by atoms with Crippen molar-refractivity contribution in [2.45, 2.75) is 26.3 Å². The van der Waals surface area contributed by atoms with E-state index in [-0.39, 0.29) is 0 Å². The third kappa shape index (κ3) is 1.79. The Morgan fingerprint density at radius 1 is 1.33 bits per heavy atom. The van der Waals surface area contributed by atoms with Crippen LogP contribution in [0, 0.1) is 0 Å². The predicted octanol–water partition coefficient (Wildman–Crippen LogP) is 2.26. The van der Waals surface area contributed by atoms with Crippen LogP contribution >= 0.6 is 0 Å². The zero-order valence-electron chi connectivity index (χ0n) is 9.46. The number of hydrogen-bond donors (Lipinski definition) is 1. The lowest BCUT2D eigenvalue weighted by Crippen LogP contribution is -2.09. The lowest BCUT2D eigenvalue weighted by Gasteiger charge is -2.15. The highest BCUT2D eigenvalue weighted by Crippen LogP contribution is 2.41. The van der Waals surface area contributed by atoms with Crippen LogP contribution in [0.4, 0.5) is 0 Å². The molecule has 0 bridgehead atoms. The van der Waals surface area contributed by atoms with Gasteiger partial charge in [-0.2, -0.15) is 0 Å². The maximum absolute atomic E-state index is 5.53. The first-order valence-electron chi connectivity index (χ1n) is 5.30. The molecule has 0 radical (unpaired) electrons. The van der Waals surface area contributed by atoms with Crippen LogP contribution in [-0.2, 0) is 6.54 Å². The standard InChI is InChI=1S/C12H17NO2/c1-8(2)11-9(6-13-3)4-5-10-12(11)15-7-14-10/h4-5,8,13H,6-7H2,1-3H3. The van der Waals surface area contributed by atoms with Gasteiger partial charge in [0.2, 0.25) is 6.79 Å². The minimum absolute atomic E-state index is 0.345. The molecule has 1 aliphatic heterocycles. The van der Waals surface area contributed by atoms with E-state index in [1.54, 1.807) is 0 Å². The lowest BCUT2D eigenvalue weighted by atomic mass is 9.95. The topological polar surface area (TPSA) is 30.5 Å². The second kappa shape index (κ2) is 4.11. The highest BCUT2D eigenvalue weighted by Gasteiger charge is 2.22. The molecule has 0 saturated heterocycles. The van der Waals surface area contributed by atoms with Crippen molar-refractivity contribution in [1.82, 2.24) is 5.32 Å². The minimum Gasteiger partial charge on any atom is -0.454 e. The molecule has 0 unspecified atom stereocenters. The highest BCUT2D eigenvalue weighted by molar-refractivity contribution is 5.53. The van der Waals surface area contributed by atoms with E-state index in [2.05, 4.69) is 25.2 Å². The van der Waals surface area contributed by atoms with E-state index in [1.165, 1.54) is 11.1 Å². The van der Waals surface area contributed by atoms with Gasteiger partial charge in [0.1, 0.15) is 0 Å². The molecule has 1 N–H and O–H groups in total. The summed E-state index contributed by atoms with van der Waals surface area (Å²) in [5.74, 6) is 2.25. The molecule has 0 fully saturated rings. The van der Waals surface area contributed by atoms with Gasteiger partial charge in [0.05, 0.1) is 0 Å². The Morgan fingerprint density at radius 2 is 2.13 bits per heavy atom. The molecule has 1 aromatic rings. The summed E-state index contributed by atoms with van der Waals surface area (Å²) in [6.07, 6.45) is 0. The average molecular weight is 207 g/mol. The molecule has 1 aromatic carbocycles. The fraction of sp³-hybridized carbons (Fsp3) is 0.500. The summed E-state index contributed by atoms with van der Waals surface area (Å²) in [5, 5.41) is 3.17. The van der Waals surface area contributed by atoms with Crippen molar-refractivity contribution in [1.29, 1.82) is 0 Å². The van der Waals surface area contributed by atoms with Gasteiger partial charge in [-0.05, 0) is 24.6 Å². The highest BCUT2D eigenvalue weighted by atomic mass is 16.7. The van der Waals surface area contributed by atoms with Gasteiger partial charge in [-0.25, -0.2) is 0 Å². The van der Waals surface area contributed by atoms with Gasteiger partial charge in [0, 0.05) is 12.1 Å². The SMILES string of the molecule is CNCc1ccc2c(c1C(C)C)OCO2. The van der Waals surface area contributed by atoms with Crippen molar-refractivity contribution in [3.63, 3.8) is 0 Å². The molecule has 2 rings (SSSR count). The molecule has 0 aromatic heterocycles. The first-order chi connectivity index (χ1) is 7.24. The van der Waals surface area contributed by atoms with E-state index in [0.29, 0.717) is 12.7 Å². The second-order valence-corrected chi connectivity index (χ2v) is 4.06. The third-order valence-electron chi connectivity index (χ3n) is 2.61. The van der Waals surface area contributed by atoms with Gasteiger partial charge in [0.15, 0.2) is 11.5 Å². The van der Waals surface area contributed by atoms with Crippen molar-refractivity contribution in [3.05, 3.63) is 23.3 Å². The van der Waals surface area contributed by atoms with E-state index in [4.69, 9.17) is 9.47 Å². The van der Waals surface area contributed by atoms with Crippen LogP contribution in [0.15, 0.2) is 12.1 Å². The Bertz CT molecular complexity index is 361. The van der Waals surface area contributed by atoms with Gasteiger partial charge >= 0.3 is 0 Å². The van der Waals surface area contributed by atoms with Crippen LogP contribution in [0.5, 0.6) is 11.5 Å². The quantitative estimate of drug-likeness (QED) is 0.824. The Balaban J connectivity index is 2.48. The number of hydrogen-bond acceptors (Lipinski definition) is 3. The maximum Gasteiger partial charge on any atom is 0.231 e. The summed E-state index contributed by atoms with van der Waals surface area (Å²) in [7, 11) is 1.95. The van der Waals surface area contributed by atoms with Crippen LogP contribution in [0.1, 0.15) is 30.9 Å². The van der Waals surface area contributed by atoms with Gasteiger partial charge in [0.25, 0.3) is 0 Å². The molecule has 3 heteroatoms. The number of fused-ring (bicyclic) bond motifs is 1. The largest absolute Gasteiger partial charge is 0.454 e. The van der Waals surface area contributed by atoms with Crippen molar-refractivity contribution < 1.29 is 9.47 Å². The molecule has 0 saturated carbocycles. The predicted molar refractivity (Wildman–Crippen MR) is 59.4 cm³/mol. The summed E-state index contributed by atoms with van der Waals surface area (Å²) in [6, 6.07) is 4.10. The maximum atomic E-state index is 5.53. The van der Waals surface area contributed by atoms with Crippen LogP contribution in [0.3, 0.4) is 0 Å². The molecule has 15 heavy (non-hydrogen) atoms. The summed E-state index contributed by atoms with van der Waals surface area (Å²) in [6.45, 7) is 5.56. The van der Waals surface area contributed by atoms with E-state index < -0.39 is 0 Å². The Kier molecular flexibility index (Phi) is 2.82. The molecule has 1 aliphatic rings. The smallest absolute Gasteiger partial charge is 0.231 e. The Morgan fingerprint density at radius 3 is 2.80 bits per heavy atom.